The van der Waals surface area contributed by atoms with E-state index in [2.05, 4.69) is 4.90 Å². The van der Waals surface area contributed by atoms with Gasteiger partial charge in [-0.25, -0.2) is 4.39 Å². The van der Waals surface area contributed by atoms with Crippen LogP contribution in [0.25, 0.3) is 0 Å². The van der Waals surface area contributed by atoms with Crippen molar-refractivity contribution in [3.63, 3.8) is 0 Å². The summed E-state index contributed by atoms with van der Waals surface area (Å²) in [6.45, 7) is 1.93. The van der Waals surface area contributed by atoms with Gasteiger partial charge >= 0.3 is 0 Å². The Balaban J connectivity index is 2.10. The molecule has 3 nitrogen and oxygen atoms in total. The minimum Gasteiger partial charge on any atom is -0.395 e. The van der Waals surface area contributed by atoms with E-state index in [-0.39, 0.29) is 12.4 Å². The smallest absolute Gasteiger partial charge is 0.123 e. The number of hydrogen-bond acceptors (Lipinski definition) is 3. The fourth-order valence-corrected chi connectivity index (χ4v) is 2.12. The Hall–Kier alpha value is -0.970. The van der Waals surface area contributed by atoms with Crippen molar-refractivity contribution in [1.82, 2.24) is 4.90 Å². The lowest BCUT2D eigenvalue weighted by Crippen LogP contribution is -2.29. The van der Waals surface area contributed by atoms with Crippen molar-refractivity contribution in [3.05, 3.63) is 35.1 Å². The van der Waals surface area contributed by atoms with Gasteiger partial charge in [0.15, 0.2) is 0 Å². The van der Waals surface area contributed by atoms with Gasteiger partial charge in [0.1, 0.15) is 5.82 Å². The molecule has 17 heavy (non-hydrogen) atoms. The normalized spacial score (nSPS) is 15.5. The molecule has 1 saturated carbocycles. The van der Waals surface area contributed by atoms with Crippen molar-refractivity contribution < 1.29 is 9.50 Å². The highest BCUT2D eigenvalue weighted by atomic mass is 19.1. The van der Waals surface area contributed by atoms with Crippen LogP contribution in [0, 0.1) is 5.82 Å². The van der Waals surface area contributed by atoms with Gasteiger partial charge in [-0.15, -0.1) is 0 Å². The van der Waals surface area contributed by atoms with Crippen LogP contribution in [-0.2, 0) is 13.1 Å². The Morgan fingerprint density at radius 3 is 2.71 bits per heavy atom. The molecule has 1 fully saturated rings. The zero-order chi connectivity index (χ0) is 12.3. The molecule has 1 aromatic rings. The highest BCUT2D eigenvalue weighted by Crippen LogP contribution is 2.28. The highest BCUT2D eigenvalue weighted by molar-refractivity contribution is 5.28. The van der Waals surface area contributed by atoms with Crippen molar-refractivity contribution in [1.29, 1.82) is 0 Å². The highest BCUT2D eigenvalue weighted by Gasteiger charge is 2.28. The lowest BCUT2D eigenvalue weighted by atomic mass is 10.1. The van der Waals surface area contributed by atoms with E-state index < -0.39 is 0 Å². The van der Waals surface area contributed by atoms with E-state index in [4.69, 9.17) is 10.8 Å². The van der Waals surface area contributed by atoms with Gasteiger partial charge in [0, 0.05) is 25.7 Å². The van der Waals surface area contributed by atoms with Gasteiger partial charge in [-0.2, -0.15) is 0 Å². The molecule has 4 heteroatoms. The first kappa shape index (κ1) is 12.5. The third-order valence-electron chi connectivity index (χ3n) is 3.21. The summed E-state index contributed by atoms with van der Waals surface area (Å²) >= 11 is 0. The van der Waals surface area contributed by atoms with Gasteiger partial charge < -0.3 is 10.8 Å². The van der Waals surface area contributed by atoms with E-state index in [0.29, 0.717) is 19.1 Å². The second kappa shape index (κ2) is 5.58. The molecule has 0 spiro atoms. The molecular formula is C13H19FN2O. The van der Waals surface area contributed by atoms with E-state index in [9.17, 15) is 4.39 Å². The van der Waals surface area contributed by atoms with E-state index >= 15 is 0 Å². The van der Waals surface area contributed by atoms with Gasteiger partial charge in [0.25, 0.3) is 0 Å². The van der Waals surface area contributed by atoms with Crippen LogP contribution in [0.3, 0.4) is 0 Å². The molecule has 1 aromatic carbocycles. The van der Waals surface area contributed by atoms with E-state index in [1.165, 1.54) is 25.0 Å². The molecule has 94 valence electrons. The van der Waals surface area contributed by atoms with Gasteiger partial charge in [0.05, 0.1) is 6.61 Å². The van der Waals surface area contributed by atoms with Crippen LogP contribution in [0.15, 0.2) is 18.2 Å². The van der Waals surface area contributed by atoms with Crippen LogP contribution in [0.1, 0.15) is 24.0 Å². The molecular weight excluding hydrogens is 219 g/mol. The number of aliphatic hydroxyl groups is 1. The molecule has 0 aromatic heterocycles. The predicted molar refractivity (Wildman–Crippen MR) is 64.8 cm³/mol. The number of benzene rings is 1. The molecule has 0 atom stereocenters. The molecule has 0 saturated heterocycles. The van der Waals surface area contributed by atoms with E-state index in [1.807, 2.05) is 0 Å². The zero-order valence-corrected chi connectivity index (χ0v) is 9.90. The first-order valence-electron chi connectivity index (χ1n) is 6.07. The van der Waals surface area contributed by atoms with Crippen molar-refractivity contribution in [2.45, 2.75) is 32.0 Å². The summed E-state index contributed by atoms with van der Waals surface area (Å²) in [5.41, 5.74) is 7.55. The Morgan fingerprint density at radius 2 is 2.12 bits per heavy atom. The summed E-state index contributed by atoms with van der Waals surface area (Å²) in [5.74, 6) is -0.241. The summed E-state index contributed by atoms with van der Waals surface area (Å²) < 4.78 is 13.1. The number of nitrogens with two attached hydrogens (primary N) is 1. The maximum absolute atomic E-state index is 13.1. The number of rotatable bonds is 6. The third kappa shape index (κ3) is 3.25. The van der Waals surface area contributed by atoms with Crippen LogP contribution in [0.2, 0.25) is 0 Å². The predicted octanol–water partition coefficient (Wildman–Crippen LogP) is 1.24. The maximum Gasteiger partial charge on any atom is 0.123 e. The van der Waals surface area contributed by atoms with E-state index in [1.54, 1.807) is 6.07 Å². The largest absolute Gasteiger partial charge is 0.395 e. The van der Waals surface area contributed by atoms with Gasteiger partial charge in [-0.3, -0.25) is 4.90 Å². The summed E-state index contributed by atoms with van der Waals surface area (Å²) in [5, 5.41) is 9.04. The minimum atomic E-state index is -0.241. The lowest BCUT2D eigenvalue weighted by molar-refractivity contribution is 0.183. The molecule has 1 aliphatic rings. The SMILES string of the molecule is NCc1cc(F)ccc1CN(CCO)C1CC1. The molecule has 1 aliphatic carbocycles. The quantitative estimate of drug-likeness (QED) is 0.784. The van der Waals surface area contributed by atoms with Crippen molar-refractivity contribution in [2.75, 3.05) is 13.2 Å². The van der Waals surface area contributed by atoms with Crippen LogP contribution in [0.5, 0.6) is 0 Å². The number of aliphatic hydroxyl groups excluding tert-OH is 1. The topological polar surface area (TPSA) is 49.5 Å². The fourth-order valence-electron chi connectivity index (χ4n) is 2.12. The number of hydrogen-bond donors (Lipinski definition) is 2. The Labute approximate surface area is 101 Å². The lowest BCUT2D eigenvalue weighted by Gasteiger charge is -2.22. The first-order valence-corrected chi connectivity index (χ1v) is 6.07. The molecule has 0 radical (unpaired) electrons. The van der Waals surface area contributed by atoms with Gasteiger partial charge in [0.2, 0.25) is 0 Å². The number of nitrogens with zero attached hydrogens (tertiary/aromatic N) is 1. The summed E-state index contributed by atoms with van der Waals surface area (Å²) in [7, 11) is 0. The van der Waals surface area contributed by atoms with Crippen LogP contribution in [-0.4, -0.2) is 29.2 Å². The molecule has 0 amide bonds. The molecule has 0 aliphatic heterocycles. The van der Waals surface area contributed by atoms with Crippen molar-refractivity contribution >= 4 is 0 Å². The Bertz CT molecular complexity index is 380. The molecule has 0 heterocycles. The van der Waals surface area contributed by atoms with Crippen molar-refractivity contribution in [3.8, 4) is 0 Å². The second-order valence-electron chi connectivity index (χ2n) is 4.54. The maximum atomic E-state index is 13.1. The summed E-state index contributed by atoms with van der Waals surface area (Å²) in [6.07, 6.45) is 2.39. The average Bonchev–Trinajstić information content (AvgIpc) is 3.14. The zero-order valence-electron chi connectivity index (χ0n) is 9.90. The summed E-state index contributed by atoms with van der Waals surface area (Å²) in [4.78, 5) is 2.24. The minimum absolute atomic E-state index is 0.162. The van der Waals surface area contributed by atoms with E-state index in [0.717, 1.165) is 17.7 Å². The van der Waals surface area contributed by atoms with Crippen LogP contribution >= 0.6 is 0 Å². The Morgan fingerprint density at radius 1 is 1.35 bits per heavy atom. The average molecular weight is 238 g/mol. The first-order chi connectivity index (χ1) is 8.24. The Kier molecular flexibility index (Phi) is 4.10. The molecule has 2 rings (SSSR count). The summed E-state index contributed by atoms with van der Waals surface area (Å²) in [6, 6.07) is 5.35. The van der Waals surface area contributed by atoms with Crippen LogP contribution < -0.4 is 5.73 Å². The van der Waals surface area contributed by atoms with Gasteiger partial charge in [-0.05, 0) is 36.1 Å². The molecule has 3 N–H and O–H groups in total. The van der Waals surface area contributed by atoms with Gasteiger partial charge in [-0.1, -0.05) is 6.07 Å². The van der Waals surface area contributed by atoms with Crippen molar-refractivity contribution in [2.24, 2.45) is 5.73 Å². The number of halogens is 1. The molecule has 0 unspecified atom stereocenters. The third-order valence-corrected chi connectivity index (χ3v) is 3.21. The fraction of sp³-hybridized carbons (Fsp3) is 0.538. The standard InChI is InChI=1S/C13H19FN2O/c14-12-2-1-10(11(7-12)8-15)9-16(5-6-17)13-3-4-13/h1-2,7,13,17H,3-6,8-9,15H2. The second-order valence-corrected chi connectivity index (χ2v) is 4.54. The van der Waals surface area contributed by atoms with Crippen LogP contribution in [0.4, 0.5) is 4.39 Å². The molecule has 0 bridgehead atoms. The monoisotopic (exact) mass is 238 g/mol.